The van der Waals surface area contributed by atoms with E-state index in [0.29, 0.717) is 6.04 Å². The molecular formula is C16H26N4. The number of nitrogens with one attached hydrogen (secondary N) is 1. The summed E-state index contributed by atoms with van der Waals surface area (Å²) >= 11 is 0. The van der Waals surface area contributed by atoms with Crippen molar-refractivity contribution in [2.75, 3.05) is 26.2 Å². The molecule has 0 bridgehead atoms. The zero-order valence-corrected chi connectivity index (χ0v) is 12.6. The standard InChI is InChI=1S/C16H26N4/c1-3-20(4-2)14-9-10-19(12-14)11-13-7-5-6-8-15(13)16(17)18/h5-8,14H,3-4,9-12H2,1-2H3,(H3,17,18). The highest BCUT2D eigenvalue weighted by atomic mass is 15.2. The predicted octanol–water partition coefficient (Wildman–Crippen LogP) is 1.89. The van der Waals surface area contributed by atoms with Gasteiger partial charge in [0.25, 0.3) is 0 Å². The Hall–Kier alpha value is -1.39. The Kier molecular flexibility index (Phi) is 5.15. The van der Waals surface area contributed by atoms with Gasteiger partial charge in [-0.2, -0.15) is 0 Å². The van der Waals surface area contributed by atoms with Crippen LogP contribution in [0.15, 0.2) is 24.3 Å². The number of hydrogen-bond acceptors (Lipinski definition) is 3. The molecule has 1 aromatic carbocycles. The quantitative estimate of drug-likeness (QED) is 0.615. The summed E-state index contributed by atoms with van der Waals surface area (Å²) in [5.74, 6) is 0.167. The van der Waals surface area contributed by atoms with Gasteiger partial charge in [-0.05, 0) is 25.1 Å². The lowest BCUT2D eigenvalue weighted by Crippen LogP contribution is -2.37. The largest absolute Gasteiger partial charge is 0.384 e. The van der Waals surface area contributed by atoms with E-state index in [4.69, 9.17) is 11.1 Å². The van der Waals surface area contributed by atoms with Gasteiger partial charge in [0.2, 0.25) is 0 Å². The maximum atomic E-state index is 7.67. The van der Waals surface area contributed by atoms with Crippen LogP contribution >= 0.6 is 0 Å². The van der Waals surface area contributed by atoms with Crippen molar-refractivity contribution in [3.8, 4) is 0 Å². The summed E-state index contributed by atoms with van der Waals surface area (Å²) < 4.78 is 0. The van der Waals surface area contributed by atoms with Gasteiger partial charge in [-0.1, -0.05) is 38.1 Å². The molecule has 4 heteroatoms. The first-order chi connectivity index (χ1) is 9.65. The lowest BCUT2D eigenvalue weighted by atomic mass is 10.1. The number of likely N-dealkylation sites (tertiary alicyclic amines) is 1. The summed E-state index contributed by atoms with van der Waals surface area (Å²) in [5.41, 5.74) is 7.70. The van der Waals surface area contributed by atoms with E-state index in [1.165, 1.54) is 12.0 Å². The minimum atomic E-state index is 0.167. The first-order valence-corrected chi connectivity index (χ1v) is 7.54. The second-order valence-electron chi connectivity index (χ2n) is 5.47. The van der Waals surface area contributed by atoms with Crippen LogP contribution in [-0.2, 0) is 6.54 Å². The van der Waals surface area contributed by atoms with E-state index in [1.807, 2.05) is 18.2 Å². The fourth-order valence-corrected chi connectivity index (χ4v) is 3.16. The van der Waals surface area contributed by atoms with Gasteiger partial charge in [0.1, 0.15) is 5.84 Å². The number of nitrogens with two attached hydrogens (primary N) is 1. The molecule has 4 nitrogen and oxygen atoms in total. The van der Waals surface area contributed by atoms with Crippen molar-refractivity contribution in [1.82, 2.24) is 9.80 Å². The molecule has 1 aliphatic heterocycles. The topological polar surface area (TPSA) is 56.4 Å². The zero-order valence-electron chi connectivity index (χ0n) is 12.6. The molecule has 0 radical (unpaired) electrons. The van der Waals surface area contributed by atoms with Crippen LogP contribution in [-0.4, -0.2) is 47.9 Å². The molecule has 2 rings (SSSR count). The fourth-order valence-electron chi connectivity index (χ4n) is 3.16. The van der Waals surface area contributed by atoms with Crippen LogP contribution < -0.4 is 5.73 Å². The maximum Gasteiger partial charge on any atom is 0.123 e. The van der Waals surface area contributed by atoms with Crippen LogP contribution in [0.3, 0.4) is 0 Å². The molecule has 1 unspecified atom stereocenters. The van der Waals surface area contributed by atoms with E-state index in [-0.39, 0.29) is 5.84 Å². The average molecular weight is 274 g/mol. The number of benzene rings is 1. The molecule has 1 atom stereocenters. The Morgan fingerprint density at radius 1 is 1.35 bits per heavy atom. The molecule has 1 heterocycles. The molecule has 3 N–H and O–H groups in total. The highest BCUT2D eigenvalue weighted by molar-refractivity contribution is 5.96. The summed E-state index contributed by atoms with van der Waals surface area (Å²) in [6.07, 6.45) is 1.24. The molecule has 0 saturated carbocycles. The SMILES string of the molecule is CCN(CC)C1CCN(Cc2ccccc2C(=N)N)C1. The van der Waals surface area contributed by atoms with Gasteiger partial charge in [0, 0.05) is 31.2 Å². The summed E-state index contributed by atoms with van der Waals surface area (Å²) in [7, 11) is 0. The first-order valence-electron chi connectivity index (χ1n) is 7.54. The smallest absolute Gasteiger partial charge is 0.123 e. The van der Waals surface area contributed by atoms with Gasteiger partial charge in [-0.15, -0.1) is 0 Å². The van der Waals surface area contributed by atoms with Crippen molar-refractivity contribution in [1.29, 1.82) is 5.41 Å². The Labute approximate surface area is 122 Å². The van der Waals surface area contributed by atoms with Crippen molar-refractivity contribution >= 4 is 5.84 Å². The molecule has 0 aromatic heterocycles. The van der Waals surface area contributed by atoms with E-state index >= 15 is 0 Å². The van der Waals surface area contributed by atoms with Gasteiger partial charge in [-0.3, -0.25) is 15.2 Å². The average Bonchev–Trinajstić information content (AvgIpc) is 2.89. The fraction of sp³-hybridized carbons (Fsp3) is 0.562. The minimum absolute atomic E-state index is 0.167. The van der Waals surface area contributed by atoms with Crippen LogP contribution in [0.25, 0.3) is 0 Å². The van der Waals surface area contributed by atoms with Gasteiger partial charge >= 0.3 is 0 Å². The van der Waals surface area contributed by atoms with Crippen LogP contribution in [0.1, 0.15) is 31.4 Å². The molecule has 1 saturated heterocycles. The molecule has 1 aliphatic rings. The number of nitrogen functional groups attached to an aromatic ring is 1. The van der Waals surface area contributed by atoms with Crippen molar-refractivity contribution in [2.45, 2.75) is 32.9 Å². The second-order valence-corrected chi connectivity index (χ2v) is 5.47. The Morgan fingerprint density at radius 2 is 2.05 bits per heavy atom. The highest BCUT2D eigenvalue weighted by Crippen LogP contribution is 2.19. The number of nitrogens with zero attached hydrogens (tertiary/aromatic N) is 2. The van der Waals surface area contributed by atoms with Crippen molar-refractivity contribution in [3.63, 3.8) is 0 Å². The lowest BCUT2D eigenvalue weighted by molar-refractivity contribution is 0.209. The van der Waals surface area contributed by atoms with Gasteiger partial charge in [-0.25, -0.2) is 0 Å². The highest BCUT2D eigenvalue weighted by Gasteiger charge is 2.26. The molecule has 0 spiro atoms. The molecular weight excluding hydrogens is 248 g/mol. The molecule has 0 amide bonds. The van der Waals surface area contributed by atoms with E-state index < -0.39 is 0 Å². The molecule has 0 aliphatic carbocycles. The maximum absolute atomic E-state index is 7.67. The monoisotopic (exact) mass is 274 g/mol. The minimum Gasteiger partial charge on any atom is -0.384 e. The predicted molar refractivity (Wildman–Crippen MR) is 84.1 cm³/mol. The Bertz CT molecular complexity index is 454. The third kappa shape index (κ3) is 3.38. The third-order valence-corrected chi connectivity index (χ3v) is 4.28. The van der Waals surface area contributed by atoms with Crippen molar-refractivity contribution in [3.05, 3.63) is 35.4 Å². The number of hydrogen-bond donors (Lipinski definition) is 2. The van der Waals surface area contributed by atoms with Crippen LogP contribution in [0.4, 0.5) is 0 Å². The Balaban J connectivity index is 2.00. The summed E-state index contributed by atoms with van der Waals surface area (Å²) in [5, 5.41) is 7.67. The van der Waals surface area contributed by atoms with Gasteiger partial charge in [0.05, 0.1) is 0 Å². The van der Waals surface area contributed by atoms with Crippen molar-refractivity contribution in [2.24, 2.45) is 5.73 Å². The van der Waals surface area contributed by atoms with E-state index in [9.17, 15) is 0 Å². The van der Waals surface area contributed by atoms with Crippen molar-refractivity contribution < 1.29 is 0 Å². The van der Waals surface area contributed by atoms with Crippen LogP contribution in [0.2, 0.25) is 0 Å². The number of amidine groups is 1. The molecule has 1 aromatic rings. The molecule has 1 fully saturated rings. The second kappa shape index (κ2) is 6.86. The number of likely N-dealkylation sites (N-methyl/N-ethyl adjacent to an activating group) is 1. The molecule has 20 heavy (non-hydrogen) atoms. The van der Waals surface area contributed by atoms with E-state index in [0.717, 1.165) is 38.3 Å². The van der Waals surface area contributed by atoms with Crippen LogP contribution in [0.5, 0.6) is 0 Å². The molecule has 110 valence electrons. The normalized spacial score (nSPS) is 19.6. The van der Waals surface area contributed by atoms with E-state index in [1.54, 1.807) is 0 Å². The summed E-state index contributed by atoms with van der Waals surface area (Å²) in [6, 6.07) is 8.68. The Morgan fingerprint density at radius 3 is 2.70 bits per heavy atom. The van der Waals surface area contributed by atoms with Gasteiger partial charge < -0.3 is 5.73 Å². The van der Waals surface area contributed by atoms with E-state index in [2.05, 4.69) is 29.7 Å². The number of rotatable bonds is 6. The lowest BCUT2D eigenvalue weighted by Gasteiger charge is -2.26. The summed E-state index contributed by atoms with van der Waals surface area (Å²) in [6.45, 7) is 9.86. The zero-order chi connectivity index (χ0) is 14.5. The third-order valence-electron chi connectivity index (χ3n) is 4.28. The first kappa shape index (κ1) is 15.0. The summed E-state index contributed by atoms with van der Waals surface area (Å²) in [4.78, 5) is 5.02. The van der Waals surface area contributed by atoms with Crippen LogP contribution in [0, 0.1) is 5.41 Å². The van der Waals surface area contributed by atoms with Gasteiger partial charge in [0.15, 0.2) is 0 Å².